The van der Waals surface area contributed by atoms with Gasteiger partial charge in [-0.05, 0) is 39.2 Å². The van der Waals surface area contributed by atoms with Crippen LogP contribution in [0.25, 0.3) is 0 Å². The van der Waals surface area contributed by atoms with Crippen LogP contribution < -0.4 is 0 Å². The number of esters is 1. The maximum atomic E-state index is 12.2. The number of carbonyl (C=O) groups is 2. The first kappa shape index (κ1) is 19.5. The van der Waals surface area contributed by atoms with Crippen LogP contribution in [0.15, 0.2) is 0 Å². The monoisotopic (exact) mass is 302 g/mol. The molecule has 0 aromatic heterocycles. The van der Waals surface area contributed by atoms with Gasteiger partial charge in [-0.25, -0.2) is 0 Å². The summed E-state index contributed by atoms with van der Waals surface area (Å²) in [6, 6.07) is 0. The van der Waals surface area contributed by atoms with E-state index in [-0.39, 0.29) is 11.8 Å². The third-order valence-electron chi connectivity index (χ3n) is 2.98. The number of thioether (sulfide) groups is 1. The number of ether oxygens (including phenoxy) is 1. The van der Waals surface area contributed by atoms with Gasteiger partial charge in [-0.1, -0.05) is 32.6 Å². The van der Waals surface area contributed by atoms with Crippen molar-refractivity contribution in [2.45, 2.75) is 71.8 Å². The molecule has 0 N–H and O–H groups in total. The highest BCUT2D eigenvalue weighted by Gasteiger charge is 2.30. The molecule has 1 atom stereocenters. The molecule has 0 saturated carbocycles. The summed E-state index contributed by atoms with van der Waals surface area (Å²) in [5, 5.41) is 0. The Labute approximate surface area is 128 Å². The second-order valence-electron chi connectivity index (χ2n) is 6.14. The van der Waals surface area contributed by atoms with Gasteiger partial charge in [0.05, 0.1) is 0 Å². The van der Waals surface area contributed by atoms with Crippen molar-refractivity contribution in [1.82, 2.24) is 0 Å². The summed E-state index contributed by atoms with van der Waals surface area (Å²) in [6.45, 7) is 7.66. The second kappa shape index (κ2) is 10.3. The molecule has 118 valence electrons. The van der Waals surface area contributed by atoms with E-state index in [0.29, 0.717) is 12.8 Å². The predicted octanol–water partition coefficient (Wildman–Crippen LogP) is 4.24. The van der Waals surface area contributed by atoms with Gasteiger partial charge >= 0.3 is 5.97 Å². The van der Waals surface area contributed by atoms with Crippen LogP contribution in [-0.2, 0) is 14.3 Å². The van der Waals surface area contributed by atoms with Crippen LogP contribution in [0, 0.1) is 5.92 Å². The molecule has 0 fully saturated rings. The zero-order chi connectivity index (χ0) is 15.6. The Morgan fingerprint density at radius 1 is 1.15 bits per heavy atom. The van der Waals surface area contributed by atoms with Gasteiger partial charge in [0.25, 0.3) is 0 Å². The molecule has 0 amide bonds. The molecule has 0 rings (SSSR count). The van der Waals surface area contributed by atoms with Gasteiger partial charge < -0.3 is 4.74 Å². The standard InChI is InChI=1S/C16H30O3S/c1-6-7-8-9-10-13(14(17)11-12-20-5)15(18)19-16(2,3)4/h13H,6-12H2,1-5H3. The summed E-state index contributed by atoms with van der Waals surface area (Å²) in [4.78, 5) is 24.4. The third kappa shape index (κ3) is 9.40. The summed E-state index contributed by atoms with van der Waals surface area (Å²) in [6.07, 6.45) is 7.35. The molecule has 0 saturated heterocycles. The molecular formula is C16H30O3S. The zero-order valence-electron chi connectivity index (χ0n) is 13.7. The van der Waals surface area contributed by atoms with E-state index in [1.165, 1.54) is 0 Å². The third-order valence-corrected chi connectivity index (χ3v) is 3.59. The SMILES string of the molecule is CCCCCCC(C(=O)CCSC)C(=O)OC(C)(C)C. The number of hydrogen-bond acceptors (Lipinski definition) is 4. The fraction of sp³-hybridized carbons (Fsp3) is 0.875. The topological polar surface area (TPSA) is 43.4 Å². The van der Waals surface area contributed by atoms with E-state index < -0.39 is 11.5 Å². The molecule has 0 aromatic carbocycles. The fourth-order valence-electron chi connectivity index (χ4n) is 1.94. The summed E-state index contributed by atoms with van der Waals surface area (Å²) < 4.78 is 5.39. The van der Waals surface area contributed by atoms with E-state index in [2.05, 4.69) is 6.92 Å². The summed E-state index contributed by atoms with van der Waals surface area (Å²) in [5.41, 5.74) is -0.529. The van der Waals surface area contributed by atoms with Crippen LogP contribution >= 0.6 is 11.8 Å². The largest absolute Gasteiger partial charge is 0.459 e. The Morgan fingerprint density at radius 2 is 1.80 bits per heavy atom. The van der Waals surface area contributed by atoms with E-state index in [1.54, 1.807) is 11.8 Å². The van der Waals surface area contributed by atoms with Gasteiger partial charge in [-0.2, -0.15) is 11.8 Å². The van der Waals surface area contributed by atoms with Crippen molar-refractivity contribution in [2.75, 3.05) is 12.0 Å². The van der Waals surface area contributed by atoms with Gasteiger partial charge in [0.1, 0.15) is 17.3 Å². The lowest BCUT2D eigenvalue weighted by atomic mass is 9.94. The van der Waals surface area contributed by atoms with Crippen molar-refractivity contribution < 1.29 is 14.3 Å². The van der Waals surface area contributed by atoms with Crippen molar-refractivity contribution >= 4 is 23.5 Å². The van der Waals surface area contributed by atoms with Gasteiger partial charge in [0, 0.05) is 6.42 Å². The Morgan fingerprint density at radius 3 is 2.30 bits per heavy atom. The fourth-order valence-corrected chi connectivity index (χ4v) is 2.34. The normalized spacial score (nSPS) is 13.1. The lowest BCUT2D eigenvalue weighted by Crippen LogP contribution is -2.33. The Hall–Kier alpha value is -0.510. The highest BCUT2D eigenvalue weighted by atomic mass is 32.2. The summed E-state index contributed by atoms with van der Waals surface area (Å²) >= 11 is 1.63. The quantitative estimate of drug-likeness (QED) is 0.344. The van der Waals surface area contributed by atoms with Crippen LogP contribution in [0.3, 0.4) is 0 Å². The van der Waals surface area contributed by atoms with Gasteiger partial charge in [0.15, 0.2) is 0 Å². The first-order chi connectivity index (χ1) is 9.31. The maximum absolute atomic E-state index is 12.2. The number of unbranched alkanes of at least 4 members (excludes halogenated alkanes) is 3. The van der Waals surface area contributed by atoms with Crippen LogP contribution in [-0.4, -0.2) is 29.4 Å². The summed E-state index contributed by atoms with van der Waals surface area (Å²) in [5.74, 6) is -0.115. The smallest absolute Gasteiger partial charge is 0.316 e. The zero-order valence-corrected chi connectivity index (χ0v) is 14.5. The molecule has 1 unspecified atom stereocenters. The molecule has 0 aliphatic carbocycles. The Bertz CT molecular complexity index is 295. The number of Topliss-reactive ketones (excluding diaryl/α,β-unsaturated/α-hetero) is 1. The molecule has 0 aliphatic rings. The van der Waals surface area contributed by atoms with Crippen LogP contribution in [0.2, 0.25) is 0 Å². The first-order valence-corrected chi connectivity index (χ1v) is 8.95. The Kier molecular flexibility index (Phi) is 9.99. The first-order valence-electron chi connectivity index (χ1n) is 7.56. The highest BCUT2D eigenvalue weighted by Crippen LogP contribution is 2.19. The van der Waals surface area contributed by atoms with Crippen molar-refractivity contribution in [3.8, 4) is 0 Å². The Balaban J connectivity index is 4.52. The van der Waals surface area contributed by atoms with Crippen molar-refractivity contribution in [3.63, 3.8) is 0 Å². The minimum Gasteiger partial charge on any atom is -0.459 e. The minimum absolute atomic E-state index is 0.0325. The molecule has 0 aromatic rings. The molecule has 0 bridgehead atoms. The van der Waals surface area contributed by atoms with Crippen LogP contribution in [0.4, 0.5) is 0 Å². The van der Waals surface area contributed by atoms with Gasteiger partial charge in [0.2, 0.25) is 0 Å². The molecule has 0 spiro atoms. The number of ketones is 1. The molecular weight excluding hydrogens is 272 g/mol. The molecule has 0 radical (unpaired) electrons. The molecule has 20 heavy (non-hydrogen) atoms. The van der Waals surface area contributed by atoms with Gasteiger partial charge in [-0.3, -0.25) is 9.59 Å². The van der Waals surface area contributed by atoms with Crippen LogP contribution in [0.1, 0.15) is 66.2 Å². The average molecular weight is 302 g/mol. The van der Waals surface area contributed by atoms with E-state index >= 15 is 0 Å². The number of carbonyl (C=O) groups excluding carboxylic acids is 2. The van der Waals surface area contributed by atoms with E-state index in [0.717, 1.165) is 31.4 Å². The minimum atomic E-state index is -0.571. The van der Waals surface area contributed by atoms with E-state index in [1.807, 2.05) is 27.0 Å². The lowest BCUT2D eigenvalue weighted by molar-refractivity contribution is -0.162. The molecule has 0 aliphatic heterocycles. The molecule has 3 nitrogen and oxygen atoms in total. The molecule has 4 heteroatoms. The lowest BCUT2D eigenvalue weighted by Gasteiger charge is -2.23. The summed E-state index contributed by atoms with van der Waals surface area (Å²) in [7, 11) is 0. The number of rotatable bonds is 10. The molecule has 0 heterocycles. The van der Waals surface area contributed by atoms with Crippen LogP contribution in [0.5, 0.6) is 0 Å². The second-order valence-corrected chi connectivity index (χ2v) is 7.13. The predicted molar refractivity (Wildman–Crippen MR) is 86.1 cm³/mol. The average Bonchev–Trinajstić information content (AvgIpc) is 2.33. The van der Waals surface area contributed by atoms with Crippen molar-refractivity contribution in [2.24, 2.45) is 5.92 Å². The van der Waals surface area contributed by atoms with Crippen molar-refractivity contribution in [3.05, 3.63) is 0 Å². The van der Waals surface area contributed by atoms with E-state index in [4.69, 9.17) is 4.74 Å². The number of hydrogen-bond donors (Lipinski definition) is 0. The highest BCUT2D eigenvalue weighted by molar-refractivity contribution is 7.98. The van der Waals surface area contributed by atoms with E-state index in [9.17, 15) is 9.59 Å². The maximum Gasteiger partial charge on any atom is 0.316 e. The van der Waals surface area contributed by atoms with Gasteiger partial charge in [-0.15, -0.1) is 0 Å². The van der Waals surface area contributed by atoms with Crippen molar-refractivity contribution in [1.29, 1.82) is 0 Å².